The van der Waals surface area contributed by atoms with Crippen LogP contribution in [0.15, 0.2) is 30.9 Å². The zero-order chi connectivity index (χ0) is 13.0. The van der Waals surface area contributed by atoms with Gasteiger partial charge in [0.25, 0.3) is 6.43 Å². The number of nitrogens with one attached hydrogen (secondary N) is 1. The van der Waals surface area contributed by atoms with Gasteiger partial charge >= 0.3 is 0 Å². The molecule has 1 rings (SSSR count). The molecule has 0 heterocycles. The van der Waals surface area contributed by atoms with Gasteiger partial charge in [0.15, 0.2) is 0 Å². The fraction of sp³-hybridized carbons (Fsp3) is 0.182. The number of hydrogen-bond acceptors (Lipinski definition) is 1. The summed E-state index contributed by atoms with van der Waals surface area (Å²) >= 11 is 0. The number of alkyl halides is 2. The molecule has 0 bridgehead atoms. The third kappa shape index (κ3) is 3.30. The molecule has 0 aliphatic carbocycles. The highest BCUT2D eigenvalue weighted by Crippen LogP contribution is 2.24. The van der Waals surface area contributed by atoms with Crippen molar-refractivity contribution in [3.05, 3.63) is 48.1 Å². The van der Waals surface area contributed by atoms with Gasteiger partial charge in [0.1, 0.15) is 17.7 Å². The highest BCUT2D eigenvalue weighted by molar-refractivity contribution is 5.87. The minimum Gasteiger partial charge on any atom is -0.340 e. The Labute approximate surface area is 94.9 Å². The molecule has 0 aliphatic heterocycles. The summed E-state index contributed by atoms with van der Waals surface area (Å²) in [5.74, 6) is -2.76. The van der Waals surface area contributed by atoms with Crippen molar-refractivity contribution in [2.45, 2.75) is 12.5 Å². The van der Waals surface area contributed by atoms with E-state index in [2.05, 4.69) is 6.58 Å². The SMILES string of the molecule is C=CC(=O)NC(c1cc(F)ccc1F)C(F)F. The van der Waals surface area contributed by atoms with Crippen LogP contribution in [0, 0.1) is 11.6 Å². The van der Waals surface area contributed by atoms with Gasteiger partial charge in [-0.15, -0.1) is 0 Å². The maximum Gasteiger partial charge on any atom is 0.262 e. The predicted octanol–water partition coefficient (Wildman–Crippen LogP) is 2.57. The van der Waals surface area contributed by atoms with Crippen molar-refractivity contribution in [3.8, 4) is 0 Å². The van der Waals surface area contributed by atoms with E-state index in [-0.39, 0.29) is 0 Å². The molecular formula is C11H9F4NO. The Hall–Kier alpha value is -1.85. The first-order chi connectivity index (χ1) is 7.95. The lowest BCUT2D eigenvalue weighted by atomic mass is 10.1. The maximum absolute atomic E-state index is 13.3. The monoisotopic (exact) mass is 247 g/mol. The van der Waals surface area contributed by atoms with Gasteiger partial charge in [0, 0.05) is 5.56 Å². The smallest absolute Gasteiger partial charge is 0.262 e. The van der Waals surface area contributed by atoms with E-state index in [9.17, 15) is 22.4 Å². The normalized spacial score (nSPS) is 12.3. The van der Waals surface area contributed by atoms with Gasteiger partial charge in [0.2, 0.25) is 5.91 Å². The van der Waals surface area contributed by atoms with E-state index in [4.69, 9.17) is 0 Å². The maximum atomic E-state index is 13.3. The van der Waals surface area contributed by atoms with Gasteiger partial charge in [-0.1, -0.05) is 6.58 Å². The molecule has 1 unspecified atom stereocenters. The molecule has 0 aromatic heterocycles. The Morgan fingerprint density at radius 2 is 2.00 bits per heavy atom. The summed E-state index contributed by atoms with van der Waals surface area (Å²) in [5.41, 5.74) is -0.602. The van der Waals surface area contributed by atoms with Crippen molar-refractivity contribution in [3.63, 3.8) is 0 Å². The number of rotatable bonds is 4. The first-order valence-electron chi connectivity index (χ1n) is 4.61. The molecule has 0 radical (unpaired) electrons. The van der Waals surface area contributed by atoms with Crippen molar-refractivity contribution < 1.29 is 22.4 Å². The summed E-state index contributed by atoms with van der Waals surface area (Å²) < 4.78 is 51.4. The van der Waals surface area contributed by atoms with Crippen LogP contribution in [-0.2, 0) is 4.79 Å². The molecule has 0 saturated heterocycles. The molecule has 1 aromatic carbocycles. The molecular weight excluding hydrogens is 238 g/mol. The van der Waals surface area contributed by atoms with E-state index >= 15 is 0 Å². The second-order valence-corrected chi connectivity index (χ2v) is 3.19. The van der Waals surface area contributed by atoms with Gasteiger partial charge in [-0.05, 0) is 24.3 Å². The molecule has 17 heavy (non-hydrogen) atoms. The number of halogens is 4. The Balaban J connectivity index is 3.09. The van der Waals surface area contributed by atoms with Gasteiger partial charge in [-0.3, -0.25) is 4.79 Å². The minimum atomic E-state index is -3.06. The standard InChI is InChI=1S/C11H9F4NO/c1-2-9(17)16-10(11(14)15)7-5-6(12)3-4-8(7)13/h2-5,10-11H,1H2,(H,16,17). The van der Waals surface area contributed by atoms with Crippen molar-refractivity contribution in [2.75, 3.05) is 0 Å². The van der Waals surface area contributed by atoms with Gasteiger partial charge in [0.05, 0.1) is 0 Å². The van der Waals surface area contributed by atoms with Crippen molar-refractivity contribution >= 4 is 5.91 Å². The topological polar surface area (TPSA) is 29.1 Å². The predicted molar refractivity (Wildman–Crippen MR) is 53.4 cm³/mol. The summed E-state index contributed by atoms with van der Waals surface area (Å²) in [4.78, 5) is 10.9. The van der Waals surface area contributed by atoms with Crippen LogP contribution in [0.5, 0.6) is 0 Å². The fourth-order valence-electron chi connectivity index (χ4n) is 1.24. The second-order valence-electron chi connectivity index (χ2n) is 3.19. The minimum absolute atomic E-state index is 0.602. The Bertz CT molecular complexity index is 433. The lowest BCUT2D eigenvalue weighted by Gasteiger charge is -2.18. The summed E-state index contributed by atoms with van der Waals surface area (Å²) in [6, 6.07) is 0.239. The van der Waals surface area contributed by atoms with Gasteiger partial charge < -0.3 is 5.32 Å². The average molecular weight is 247 g/mol. The van der Waals surface area contributed by atoms with Crippen LogP contribution in [0.25, 0.3) is 0 Å². The zero-order valence-corrected chi connectivity index (χ0v) is 8.59. The molecule has 1 N–H and O–H groups in total. The third-order valence-corrected chi connectivity index (χ3v) is 2.03. The number of benzene rings is 1. The van der Waals surface area contributed by atoms with Crippen LogP contribution in [0.1, 0.15) is 11.6 Å². The summed E-state index contributed by atoms with van der Waals surface area (Å²) in [6.07, 6.45) is -2.29. The lowest BCUT2D eigenvalue weighted by Crippen LogP contribution is -2.32. The van der Waals surface area contributed by atoms with Crippen LogP contribution >= 0.6 is 0 Å². The summed E-state index contributed by atoms with van der Waals surface area (Å²) in [7, 11) is 0. The van der Waals surface area contributed by atoms with E-state index in [1.807, 2.05) is 5.32 Å². The number of carbonyl (C=O) groups excluding carboxylic acids is 1. The largest absolute Gasteiger partial charge is 0.340 e. The van der Waals surface area contributed by atoms with Crippen LogP contribution < -0.4 is 5.32 Å². The molecule has 0 spiro atoms. The molecule has 0 aliphatic rings. The third-order valence-electron chi connectivity index (χ3n) is 2.03. The summed E-state index contributed by atoms with van der Waals surface area (Å²) in [5, 5.41) is 1.84. The number of hydrogen-bond donors (Lipinski definition) is 1. The average Bonchev–Trinajstić information content (AvgIpc) is 2.28. The molecule has 6 heteroatoms. The Kier molecular flexibility index (Phi) is 4.25. The second kappa shape index (κ2) is 5.47. The first kappa shape index (κ1) is 13.2. The molecule has 2 nitrogen and oxygen atoms in total. The van der Waals surface area contributed by atoms with E-state index in [1.54, 1.807) is 0 Å². The van der Waals surface area contributed by atoms with Crippen LogP contribution in [0.3, 0.4) is 0 Å². The fourth-order valence-corrected chi connectivity index (χ4v) is 1.24. The molecule has 0 fully saturated rings. The van der Waals surface area contributed by atoms with Gasteiger partial charge in [-0.2, -0.15) is 0 Å². The molecule has 1 atom stereocenters. The highest BCUT2D eigenvalue weighted by Gasteiger charge is 2.26. The highest BCUT2D eigenvalue weighted by atomic mass is 19.3. The zero-order valence-electron chi connectivity index (χ0n) is 8.59. The molecule has 1 amide bonds. The molecule has 0 saturated carbocycles. The van der Waals surface area contributed by atoms with E-state index in [0.717, 1.165) is 18.2 Å². The number of amides is 1. The number of carbonyl (C=O) groups is 1. The molecule has 92 valence electrons. The Morgan fingerprint density at radius 3 is 2.53 bits per heavy atom. The molecule has 1 aromatic rings. The first-order valence-corrected chi connectivity index (χ1v) is 4.61. The lowest BCUT2D eigenvalue weighted by molar-refractivity contribution is -0.118. The van der Waals surface area contributed by atoms with Crippen molar-refractivity contribution in [1.29, 1.82) is 0 Å². The Morgan fingerprint density at radius 1 is 1.35 bits per heavy atom. The van der Waals surface area contributed by atoms with E-state index in [1.165, 1.54) is 0 Å². The van der Waals surface area contributed by atoms with Crippen molar-refractivity contribution in [2.24, 2.45) is 0 Å². The van der Waals surface area contributed by atoms with Gasteiger partial charge in [-0.25, -0.2) is 17.6 Å². The van der Waals surface area contributed by atoms with E-state index < -0.39 is 35.6 Å². The van der Waals surface area contributed by atoms with Crippen LogP contribution in [0.2, 0.25) is 0 Å². The van der Waals surface area contributed by atoms with Crippen LogP contribution in [-0.4, -0.2) is 12.3 Å². The quantitative estimate of drug-likeness (QED) is 0.643. The van der Waals surface area contributed by atoms with Crippen molar-refractivity contribution in [1.82, 2.24) is 5.32 Å². The summed E-state index contributed by atoms with van der Waals surface area (Å²) in [6.45, 7) is 3.08. The van der Waals surface area contributed by atoms with E-state index in [0.29, 0.717) is 6.07 Å². The van der Waals surface area contributed by atoms with Crippen LogP contribution in [0.4, 0.5) is 17.6 Å².